The monoisotopic (exact) mass is 338 g/mol. The molecule has 0 spiro atoms. The van der Waals surface area contributed by atoms with Crippen LogP contribution in [0.15, 0.2) is 53.5 Å². The van der Waals surface area contributed by atoms with Gasteiger partial charge in [0.2, 0.25) is 0 Å². The summed E-state index contributed by atoms with van der Waals surface area (Å²) in [5.41, 5.74) is 3.43. The van der Waals surface area contributed by atoms with Crippen molar-refractivity contribution < 1.29 is 5.11 Å². The molecule has 0 radical (unpaired) electrons. The van der Waals surface area contributed by atoms with E-state index in [0.717, 1.165) is 44.4 Å². The zero-order chi connectivity index (χ0) is 17.6. The molecule has 5 nitrogen and oxygen atoms in total. The van der Waals surface area contributed by atoms with Gasteiger partial charge >= 0.3 is 0 Å². The maximum atomic E-state index is 10.0. The lowest BCUT2D eigenvalue weighted by atomic mass is 10.1. The average Bonchev–Trinajstić information content (AvgIpc) is 2.65. The van der Waals surface area contributed by atoms with Gasteiger partial charge in [0.15, 0.2) is 5.96 Å². The van der Waals surface area contributed by atoms with Crippen LogP contribution in [0.25, 0.3) is 0 Å². The summed E-state index contributed by atoms with van der Waals surface area (Å²) in [7, 11) is 1.83. The smallest absolute Gasteiger partial charge is 0.194 e. The Bertz CT molecular complexity index is 719. The maximum absolute atomic E-state index is 10.0. The SMILES string of the molecule is CN=C(NCc1ccc(C)cc1)N1CCN(c2ccccc2O)CC1. The van der Waals surface area contributed by atoms with Crippen molar-refractivity contribution in [1.29, 1.82) is 0 Å². The number of rotatable bonds is 3. The summed E-state index contributed by atoms with van der Waals surface area (Å²) in [5.74, 6) is 1.27. The van der Waals surface area contributed by atoms with Gasteiger partial charge in [0.25, 0.3) is 0 Å². The van der Waals surface area contributed by atoms with E-state index in [4.69, 9.17) is 0 Å². The van der Waals surface area contributed by atoms with Crippen molar-refractivity contribution >= 4 is 11.6 Å². The van der Waals surface area contributed by atoms with Crippen molar-refractivity contribution in [1.82, 2.24) is 10.2 Å². The molecule has 1 aliphatic heterocycles. The Morgan fingerprint density at radius 2 is 1.72 bits per heavy atom. The molecule has 0 unspecified atom stereocenters. The quantitative estimate of drug-likeness (QED) is 0.667. The van der Waals surface area contributed by atoms with E-state index in [1.165, 1.54) is 11.1 Å². The topological polar surface area (TPSA) is 51.1 Å². The number of aromatic hydroxyl groups is 1. The number of hydrogen-bond acceptors (Lipinski definition) is 3. The van der Waals surface area contributed by atoms with Gasteiger partial charge in [-0.15, -0.1) is 0 Å². The summed E-state index contributed by atoms with van der Waals surface area (Å²) in [5, 5.41) is 13.5. The third-order valence-electron chi connectivity index (χ3n) is 4.58. The first kappa shape index (κ1) is 17.1. The first-order valence-electron chi connectivity index (χ1n) is 8.71. The second-order valence-corrected chi connectivity index (χ2v) is 6.35. The summed E-state index contributed by atoms with van der Waals surface area (Å²) < 4.78 is 0. The van der Waals surface area contributed by atoms with Crippen molar-refractivity contribution in [3.05, 3.63) is 59.7 Å². The number of guanidine groups is 1. The van der Waals surface area contributed by atoms with Crippen LogP contribution < -0.4 is 10.2 Å². The molecule has 1 saturated heterocycles. The minimum Gasteiger partial charge on any atom is -0.506 e. The van der Waals surface area contributed by atoms with Crippen LogP contribution in [0.1, 0.15) is 11.1 Å². The predicted octanol–water partition coefficient (Wildman–Crippen LogP) is 2.60. The molecular weight excluding hydrogens is 312 g/mol. The Morgan fingerprint density at radius 3 is 2.36 bits per heavy atom. The number of hydrogen-bond donors (Lipinski definition) is 2. The molecule has 0 aromatic heterocycles. The predicted molar refractivity (Wildman–Crippen MR) is 103 cm³/mol. The zero-order valence-electron chi connectivity index (χ0n) is 14.9. The van der Waals surface area contributed by atoms with Crippen LogP contribution >= 0.6 is 0 Å². The van der Waals surface area contributed by atoms with Gasteiger partial charge in [-0.2, -0.15) is 0 Å². The van der Waals surface area contributed by atoms with E-state index < -0.39 is 0 Å². The number of nitrogens with one attached hydrogen (secondary N) is 1. The van der Waals surface area contributed by atoms with E-state index in [-0.39, 0.29) is 0 Å². The highest BCUT2D eigenvalue weighted by molar-refractivity contribution is 5.80. The highest BCUT2D eigenvalue weighted by Crippen LogP contribution is 2.27. The fourth-order valence-corrected chi connectivity index (χ4v) is 3.11. The van der Waals surface area contributed by atoms with Gasteiger partial charge in [0, 0.05) is 39.8 Å². The molecule has 1 aliphatic rings. The normalized spacial score (nSPS) is 15.4. The number of para-hydroxylation sites is 2. The van der Waals surface area contributed by atoms with Crippen LogP contribution in [0.2, 0.25) is 0 Å². The van der Waals surface area contributed by atoms with Crippen molar-refractivity contribution in [3.63, 3.8) is 0 Å². The highest BCUT2D eigenvalue weighted by Gasteiger charge is 2.21. The standard InChI is InChI=1S/C20H26N4O/c1-16-7-9-17(10-8-16)15-22-20(21-2)24-13-11-23(12-14-24)18-5-3-4-6-19(18)25/h3-10,25H,11-15H2,1-2H3,(H,21,22). The molecule has 0 saturated carbocycles. The van der Waals surface area contributed by atoms with E-state index in [0.29, 0.717) is 5.75 Å². The largest absolute Gasteiger partial charge is 0.506 e. The minimum absolute atomic E-state index is 0.345. The lowest BCUT2D eigenvalue weighted by Crippen LogP contribution is -2.52. The van der Waals surface area contributed by atoms with Crippen LogP contribution in [0.5, 0.6) is 5.75 Å². The van der Waals surface area contributed by atoms with Gasteiger partial charge in [-0.05, 0) is 24.6 Å². The molecule has 0 bridgehead atoms. The fraction of sp³-hybridized carbons (Fsp3) is 0.350. The minimum atomic E-state index is 0.345. The summed E-state index contributed by atoms with van der Waals surface area (Å²) >= 11 is 0. The first-order chi connectivity index (χ1) is 12.2. The second-order valence-electron chi connectivity index (χ2n) is 6.35. The molecule has 5 heteroatoms. The Morgan fingerprint density at radius 1 is 1.04 bits per heavy atom. The van der Waals surface area contributed by atoms with Gasteiger partial charge in [0.05, 0.1) is 5.69 Å². The van der Waals surface area contributed by atoms with Crippen molar-refractivity contribution in [2.75, 3.05) is 38.1 Å². The molecule has 1 fully saturated rings. The summed E-state index contributed by atoms with van der Waals surface area (Å²) in [6, 6.07) is 16.1. The molecule has 132 valence electrons. The third kappa shape index (κ3) is 4.24. The fourth-order valence-electron chi connectivity index (χ4n) is 3.11. The van der Waals surface area contributed by atoms with E-state index in [2.05, 4.69) is 51.3 Å². The van der Waals surface area contributed by atoms with E-state index in [1.54, 1.807) is 6.07 Å². The number of anilines is 1. The zero-order valence-corrected chi connectivity index (χ0v) is 14.9. The molecule has 25 heavy (non-hydrogen) atoms. The molecule has 0 aliphatic carbocycles. The molecule has 2 aromatic rings. The van der Waals surface area contributed by atoms with E-state index in [1.807, 2.05) is 25.2 Å². The summed E-state index contributed by atoms with van der Waals surface area (Å²) in [6.07, 6.45) is 0. The number of aliphatic imine (C=N–C) groups is 1. The second kappa shape index (κ2) is 7.92. The van der Waals surface area contributed by atoms with Crippen LogP contribution in [0.4, 0.5) is 5.69 Å². The van der Waals surface area contributed by atoms with Gasteiger partial charge < -0.3 is 20.2 Å². The summed E-state index contributed by atoms with van der Waals surface area (Å²) in [4.78, 5) is 8.91. The van der Waals surface area contributed by atoms with Gasteiger partial charge in [-0.25, -0.2) is 0 Å². The van der Waals surface area contributed by atoms with Crippen molar-refractivity contribution in [3.8, 4) is 5.75 Å². The number of phenolic OH excluding ortho intramolecular Hbond substituents is 1. The van der Waals surface area contributed by atoms with Crippen LogP contribution in [-0.4, -0.2) is 49.2 Å². The lowest BCUT2D eigenvalue weighted by molar-refractivity contribution is 0.369. The number of benzene rings is 2. The molecular formula is C20H26N4O. The lowest BCUT2D eigenvalue weighted by Gasteiger charge is -2.37. The molecule has 0 atom stereocenters. The average molecular weight is 338 g/mol. The van der Waals surface area contributed by atoms with E-state index >= 15 is 0 Å². The van der Waals surface area contributed by atoms with Crippen molar-refractivity contribution in [2.24, 2.45) is 4.99 Å². The Kier molecular flexibility index (Phi) is 5.43. The number of aryl methyl sites for hydroxylation is 1. The highest BCUT2D eigenvalue weighted by atomic mass is 16.3. The first-order valence-corrected chi connectivity index (χ1v) is 8.71. The Balaban J connectivity index is 1.55. The molecule has 0 amide bonds. The van der Waals surface area contributed by atoms with Crippen molar-refractivity contribution in [2.45, 2.75) is 13.5 Å². The van der Waals surface area contributed by atoms with Gasteiger partial charge in [0.1, 0.15) is 5.75 Å². The third-order valence-corrected chi connectivity index (χ3v) is 4.58. The maximum Gasteiger partial charge on any atom is 0.194 e. The Hall–Kier alpha value is -2.69. The number of piperazine rings is 1. The Labute approximate surface area is 149 Å². The van der Waals surface area contributed by atoms with Crippen LogP contribution in [-0.2, 0) is 6.54 Å². The molecule has 3 rings (SSSR count). The van der Waals surface area contributed by atoms with Gasteiger partial charge in [-0.3, -0.25) is 4.99 Å². The van der Waals surface area contributed by atoms with Crippen LogP contribution in [0.3, 0.4) is 0 Å². The summed E-state index contributed by atoms with van der Waals surface area (Å²) in [6.45, 7) is 6.35. The van der Waals surface area contributed by atoms with E-state index in [9.17, 15) is 5.11 Å². The number of nitrogens with zero attached hydrogens (tertiary/aromatic N) is 3. The molecule has 2 N–H and O–H groups in total. The number of phenols is 1. The molecule has 1 heterocycles. The van der Waals surface area contributed by atoms with Gasteiger partial charge in [-0.1, -0.05) is 42.0 Å². The molecule has 2 aromatic carbocycles. The van der Waals surface area contributed by atoms with Crippen LogP contribution in [0, 0.1) is 6.92 Å².